The van der Waals surface area contributed by atoms with Gasteiger partial charge in [-0.15, -0.1) is 0 Å². The van der Waals surface area contributed by atoms with Gasteiger partial charge in [-0.05, 0) is 30.7 Å². The van der Waals surface area contributed by atoms with Crippen LogP contribution in [0.1, 0.15) is 12.5 Å². The van der Waals surface area contributed by atoms with Gasteiger partial charge < -0.3 is 9.84 Å². The molecule has 0 spiro atoms. The summed E-state index contributed by atoms with van der Waals surface area (Å²) < 4.78 is 31.7. The molecule has 0 aliphatic carbocycles. The Bertz CT molecular complexity index is 1150. The summed E-state index contributed by atoms with van der Waals surface area (Å²) in [7, 11) is -4.05. The highest BCUT2D eigenvalue weighted by atomic mass is 32.2. The predicted octanol–water partition coefficient (Wildman–Crippen LogP) is 2.26. The Labute approximate surface area is 168 Å². The predicted molar refractivity (Wildman–Crippen MR) is 106 cm³/mol. The first kappa shape index (κ1) is 20.3. The molecule has 0 aliphatic rings. The third kappa shape index (κ3) is 4.88. The van der Waals surface area contributed by atoms with Crippen molar-refractivity contribution < 1.29 is 22.5 Å². The second kappa shape index (κ2) is 8.27. The number of hydrogen-bond acceptors (Lipinski definition) is 6. The van der Waals surface area contributed by atoms with Gasteiger partial charge in [0.2, 0.25) is 5.91 Å². The minimum atomic E-state index is -4.05. The van der Waals surface area contributed by atoms with Crippen LogP contribution in [-0.4, -0.2) is 31.9 Å². The van der Waals surface area contributed by atoms with Gasteiger partial charge in [0, 0.05) is 18.1 Å². The smallest absolute Gasteiger partial charge is 0.264 e. The van der Waals surface area contributed by atoms with E-state index in [4.69, 9.17) is 4.52 Å². The van der Waals surface area contributed by atoms with Gasteiger partial charge in [0.1, 0.15) is 12.0 Å². The molecule has 0 aliphatic heterocycles. The third-order valence-electron chi connectivity index (χ3n) is 4.08. The van der Waals surface area contributed by atoms with Gasteiger partial charge in [-0.1, -0.05) is 41.1 Å². The number of sulfonamides is 1. The van der Waals surface area contributed by atoms with Crippen LogP contribution in [0.25, 0.3) is 22.4 Å². The van der Waals surface area contributed by atoms with Crippen LogP contribution in [0.2, 0.25) is 0 Å². The van der Waals surface area contributed by atoms with Crippen LogP contribution in [0.5, 0.6) is 0 Å². The molecule has 150 valence electrons. The van der Waals surface area contributed by atoms with Gasteiger partial charge in [-0.2, -0.15) is 0 Å². The molecule has 0 unspecified atom stereocenters. The molecule has 0 bridgehead atoms. The first-order chi connectivity index (χ1) is 13.8. The molecule has 3 rings (SSSR count). The molecule has 8 nitrogen and oxygen atoms in total. The largest absolute Gasteiger partial charge is 0.363 e. The van der Waals surface area contributed by atoms with Crippen molar-refractivity contribution in [3.8, 4) is 22.4 Å². The number of carbonyl (C=O) groups is 2. The Morgan fingerprint density at radius 3 is 2.45 bits per heavy atom. The van der Waals surface area contributed by atoms with Crippen molar-refractivity contribution in [3.05, 3.63) is 60.4 Å². The molecule has 0 atom stereocenters. The average molecular weight is 413 g/mol. The molecule has 3 aromatic rings. The highest BCUT2D eigenvalue weighted by Gasteiger charge is 2.19. The van der Waals surface area contributed by atoms with Gasteiger partial charge in [0.15, 0.2) is 0 Å². The lowest BCUT2D eigenvalue weighted by Gasteiger charge is -2.08. The number of aromatic nitrogens is 1. The van der Waals surface area contributed by atoms with E-state index in [1.807, 2.05) is 35.9 Å². The maximum Gasteiger partial charge on any atom is 0.264 e. The van der Waals surface area contributed by atoms with Gasteiger partial charge >= 0.3 is 0 Å². The monoisotopic (exact) mass is 413 g/mol. The zero-order chi connectivity index (χ0) is 21.0. The zero-order valence-electron chi connectivity index (χ0n) is 15.8. The van der Waals surface area contributed by atoms with Gasteiger partial charge in [-0.25, -0.2) is 13.1 Å². The van der Waals surface area contributed by atoms with Crippen molar-refractivity contribution in [3.63, 3.8) is 0 Å². The number of hydrogen-bond donors (Lipinski definition) is 2. The van der Waals surface area contributed by atoms with E-state index in [0.29, 0.717) is 16.8 Å². The second-order valence-corrected chi connectivity index (χ2v) is 8.09. The summed E-state index contributed by atoms with van der Waals surface area (Å²) in [6.07, 6.45) is 1.50. The van der Waals surface area contributed by atoms with E-state index >= 15 is 0 Å². The van der Waals surface area contributed by atoms with Crippen LogP contribution < -0.4 is 10.0 Å². The first-order valence-electron chi connectivity index (χ1n) is 8.68. The van der Waals surface area contributed by atoms with Crippen LogP contribution in [-0.2, 0) is 19.6 Å². The Kier molecular flexibility index (Phi) is 5.79. The molecule has 0 radical (unpaired) electrons. The van der Waals surface area contributed by atoms with Gasteiger partial charge in [0.25, 0.3) is 15.9 Å². The highest BCUT2D eigenvalue weighted by Crippen LogP contribution is 2.31. The summed E-state index contributed by atoms with van der Waals surface area (Å²) in [5.41, 5.74) is 4.04. The molecule has 2 amide bonds. The van der Waals surface area contributed by atoms with Crippen LogP contribution in [0, 0.1) is 6.92 Å². The third-order valence-corrected chi connectivity index (χ3v) is 5.47. The zero-order valence-corrected chi connectivity index (χ0v) is 16.6. The molecule has 29 heavy (non-hydrogen) atoms. The highest BCUT2D eigenvalue weighted by molar-refractivity contribution is 7.90. The lowest BCUT2D eigenvalue weighted by molar-refractivity contribution is -0.124. The fraction of sp³-hybridized carbons (Fsp3) is 0.150. The van der Waals surface area contributed by atoms with E-state index < -0.39 is 28.4 Å². The fourth-order valence-electron chi connectivity index (χ4n) is 2.71. The number of rotatable bonds is 6. The number of amides is 2. The van der Waals surface area contributed by atoms with Crippen LogP contribution in [0.15, 0.2) is 64.2 Å². The summed E-state index contributed by atoms with van der Waals surface area (Å²) >= 11 is 0. The van der Waals surface area contributed by atoms with Crippen molar-refractivity contribution in [2.45, 2.75) is 18.7 Å². The van der Waals surface area contributed by atoms with Gasteiger partial charge in [0.05, 0.1) is 11.4 Å². The standard InChI is InChI=1S/C20H19N3O5S/c1-13-4-3-5-16(10-13)20-18(12-28-22-20)15-6-8-17(9-7-15)29(26,27)23-19(25)11-21-14(2)24/h3-10,12H,11H2,1-2H3,(H,21,24)(H,23,25). The summed E-state index contributed by atoms with van der Waals surface area (Å²) in [4.78, 5) is 22.4. The van der Waals surface area contributed by atoms with E-state index in [1.165, 1.54) is 25.3 Å². The maximum atomic E-state index is 12.3. The molecule has 1 heterocycles. The minimum Gasteiger partial charge on any atom is -0.363 e. The maximum absolute atomic E-state index is 12.3. The Hall–Kier alpha value is -3.46. The summed E-state index contributed by atoms with van der Waals surface area (Å²) in [6, 6.07) is 13.8. The van der Waals surface area contributed by atoms with Crippen LogP contribution in [0.3, 0.4) is 0 Å². The number of nitrogens with zero attached hydrogens (tertiary/aromatic N) is 1. The minimum absolute atomic E-state index is 0.0778. The lowest BCUT2D eigenvalue weighted by Crippen LogP contribution is -2.39. The lowest BCUT2D eigenvalue weighted by atomic mass is 10.0. The van der Waals surface area contributed by atoms with Crippen molar-refractivity contribution in [2.75, 3.05) is 6.54 Å². The van der Waals surface area contributed by atoms with E-state index in [1.54, 1.807) is 12.1 Å². The Balaban J connectivity index is 1.82. The molecule has 2 N–H and O–H groups in total. The van der Waals surface area contributed by atoms with Crippen LogP contribution >= 0.6 is 0 Å². The van der Waals surface area contributed by atoms with E-state index in [2.05, 4.69) is 10.5 Å². The molecular weight excluding hydrogens is 394 g/mol. The SMILES string of the molecule is CC(=O)NCC(=O)NS(=O)(=O)c1ccc(-c2conc2-c2cccc(C)c2)cc1. The van der Waals surface area contributed by atoms with Crippen molar-refractivity contribution in [1.82, 2.24) is 15.2 Å². The summed E-state index contributed by atoms with van der Waals surface area (Å²) in [5, 5.41) is 6.30. The number of benzene rings is 2. The molecule has 0 saturated heterocycles. The van der Waals surface area contributed by atoms with Gasteiger partial charge in [-0.3, -0.25) is 9.59 Å². The molecule has 0 fully saturated rings. The molecule has 2 aromatic carbocycles. The Morgan fingerprint density at radius 1 is 1.07 bits per heavy atom. The van der Waals surface area contributed by atoms with E-state index in [0.717, 1.165) is 11.1 Å². The average Bonchev–Trinajstić information content (AvgIpc) is 3.16. The molecule has 1 aromatic heterocycles. The second-order valence-electron chi connectivity index (χ2n) is 6.41. The van der Waals surface area contributed by atoms with E-state index in [9.17, 15) is 18.0 Å². The topological polar surface area (TPSA) is 118 Å². The number of nitrogens with one attached hydrogen (secondary N) is 2. The molecular formula is C20H19N3O5S. The first-order valence-corrected chi connectivity index (χ1v) is 10.2. The molecule has 9 heteroatoms. The fourth-order valence-corrected chi connectivity index (χ4v) is 3.69. The van der Waals surface area contributed by atoms with Crippen molar-refractivity contribution in [1.29, 1.82) is 0 Å². The van der Waals surface area contributed by atoms with Crippen molar-refractivity contribution in [2.24, 2.45) is 0 Å². The van der Waals surface area contributed by atoms with Crippen molar-refractivity contribution >= 4 is 21.8 Å². The van der Waals surface area contributed by atoms with Crippen LogP contribution in [0.4, 0.5) is 0 Å². The number of carbonyl (C=O) groups excluding carboxylic acids is 2. The quantitative estimate of drug-likeness (QED) is 0.640. The van der Waals surface area contributed by atoms with E-state index in [-0.39, 0.29) is 4.90 Å². The summed E-state index contributed by atoms with van der Waals surface area (Å²) in [6.45, 7) is 2.78. The molecule has 0 saturated carbocycles. The Morgan fingerprint density at radius 2 is 1.79 bits per heavy atom. The number of aryl methyl sites for hydroxylation is 1. The summed E-state index contributed by atoms with van der Waals surface area (Å²) in [5.74, 6) is -1.26. The normalized spacial score (nSPS) is 11.1.